The Morgan fingerprint density at radius 2 is 1.87 bits per heavy atom. The predicted octanol–water partition coefficient (Wildman–Crippen LogP) is 1.02. The molecule has 0 aromatic carbocycles. The van der Waals surface area contributed by atoms with Crippen molar-refractivity contribution >= 4 is 11.8 Å². The van der Waals surface area contributed by atoms with Crippen LogP contribution in [0, 0.1) is 5.41 Å². The van der Waals surface area contributed by atoms with Crippen LogP contribution >= 0.6 is 0 Å². The first-order chi connectivity index (χ1) is 11.2. The first kappa shape index (κ1) is 15.1. The second kappa shape index (κ2) is 6.24. The number of anilines is 2. The van der Waals surface area contributed by atoms with Gasteiger partial charge in [0.25, 0.3) is 0 Å². The van der Waals surface area contributed by atoms with Gasteiger partial charge in [-0.15, -0.1) is 0 Å². The number of nitrogens with one attached hydrogen (secondary N) is 1. The molecule has 4 heterocycles. The first-order valence-corrected chi connectivity index (χ1v) is 8.96. The van der Waals surface area contributed by atoms with Gasteiger partial charge in [-0.25, -0.2) is 4.98 Å². The summed E-state index contributed by atoms with van der Waals surface area (Å²) < 4.78 is 0. The van der Waals surface area contributed by atoms with Crippen LogP contribution < -0.4 is 15.1 Å². The van der Waals surface area contributed by atoms with Gasteiger partial charge < -0.3 is 20.2 Å². The van der Waals surface area contributed by atoms with Gasteiger partial charge in [-0.05, 0) is 56.7 Å². The number of hydrogen-bond acceptors (Lipinski definition) is 6. The molecule has 0 amide bonds. The lowest BCUT2D eigenvalue weighted by molar-refractivity contribution is 0.145. The maximum atomic E-state index is 9.67. The molecule has 3 saturated heterocycles. The summed E-state index contributed by atoms with van der Waals surface area (Å²) in [5.41, 5.74) is 0.472. The molecule has 1 aromatic heterocycles. The molecule has 1 aromatic rings. The molecule has 6 heteroatoms. The summed E-state index contributed by atoms with van der Waals surface area (Å²) in [6.07, 6.45) is 7.21. The van der Waals surface area contributed by atoms with Gasteiger partial charge in [0, 0.05) is 32.4 Å². The zero-order valence-electron chi connectivity index (χ0n) is 13.7. The van der Waals surface area contributed by atoms with Crippen molar-refractivity contribution in [2.24, 2.45) is 5.41 Å². The van der Waals surface area contributed by atoms with E-state index in [1.54, 1.807) is 0 Å². The minimum Gasteiger partial charge on any atom is -0.393 e. The van der Waals surface area contributed by atoms with Gasteiger partial charge in [-0.2, -0.15) is 4.98 Å². The summed E-state index contributed by atoms with van der Waals surface area (Å²) in [4.78, 5) is 14.0. The van der Waals surface area contributed by atoms with E-state index in [0.717, 1.165) is 63.9 Å². The SMILES string of the molecule is OC1CCN(c2ccnc(N3CCC4(CCNCC4)C3)n2)CC1. The van der Waals surface area contributed by atoms with Crippen LogP contribution in [0.25, 0.3) is 0 Å². The summed E-state index contributed by atoms with van der Waals surface area (Å²) in [7, 11) is 0. The molecule has 0 atom stereocenters. The quantitative estimate of drug-likeness (QED) is 0.849. The summed E-state index contributed by atoms with van der Waals surface area (Å²) in [6, 6.07) is 2.00. The van der Waals surface area contributed by atoms with Crippen LogP contribution in [-0.2, 0) is 0 Å². The highest BCUT2D eigenvalue weighted by Gasteiger charge is 2.39. The smallest absolute Gasteiger partial charge is 0.227 e. The van der Waals surface area contributed by atoms with E-state index < -0.39 is 0 Å². The Balaban J connectivity index is 1.46. The molecule has 6 nitrogen and oxygen atoms in total. The van der Waals surface area contributed by atoms with Gasteiger partial charge in [0.2, 0.25) is 5.95 Å². The zero-order chi connectivity index (χ0) is 15.7. The van der Waals surface area contributed by atoms with E-state index in [2.05, 4.69) is 20.1 Å². The number of nitrogens with zero attached hydrogens (tertiary/aromatic N) is 4. The fourth-order valence-electron chi connectivity index (χ4n) is 4.23. The Kier molecular flexibility index (Phi) is 4.11. The standard InChI is InChI=1S/C17H27N5O/c23-14-2-10-21(11-3-14)15-1-7-19-16(20-15)22-12-6-17(13-22)4-8-18-9-5-17/h1,7,14,18,23H,2-6,8-13H2. The average molecular weight is 317 g/mol. The lowest BCUT2D eigenvalue weighted by Gasteiger charge is -2.34. The lowest BCUT2D eigenvalue weighted by atomic mass is 9.78. The van der Waals surface area contributed by atoms with E-state index in [-0.39, 0.29) is 6.10 Å². The van der Waals surface area contributed by atoms with Crippen LogP contribution in [0.3, 0.4) is 0 Å². The summed E-state index contributed by atoms with van der Waals surface area (Å²) >= 11 is 0. The molecule has 3 aliphatic heterocycles. The molecule has 3 fully saturated rings. The number of rotatable bonds is 2. The Morgan fingerprint density at radius 3 is 2.65 bits per heavy atom. The minimum absolute atomic E-state index is 0.147. The molecule has 0 radical (unpaired) electrons. The highest BCUT2D eigenvalue weighted by molar-refractivity contribution is 5.45. The molecule has 126 valence electrons. The van der Waals surface area contributed by atoms with Gasteiger partial charge in [0.1, 0.15) is 5.82 Å². The Hall–Kier alpha value is -1.40. The largest absolute Gasteiger partial charge is 0.393 e. The van der Waals surface area contributed by atoms with E-state index in [1.165, 1.54) is 19.3 Å². The molecule has 0 bridgehead atoms. The van der Waals surface area contributed by atoms with Crippen molar-refractivity contribution in [3.05, 3.63) is 12.3 Å². The Morgan fingerprint density at radius 1 is 1.09 bits per heavy atom. The molecule has 3 aliphatic rings. The number of aliphatic hydroxyl groups excluding tert-OH is 1. The maximum Gasteiger partial charge on any atom is 0.227 e. The fraction of sp³-hybridized carbons (Fsp3) is 0.765. The topological polar surface area (TPSA) is 64.5 Å². The molecule has 0 unspecified atom stereocenters. The second-order valence-corrected chi connectivity index (χ2v) is 7.35. The lowest BCUT2D eigenvalue weighted by Crippen LogP contribution is -2.39. The molecule has 23 heavy (non-hydrogen) atoms. The van der Waals surface area contributed by atoms with Crippen LogP contribution in [0.1, 0.15) is 32.1 Å². The van der Waals surface area contributed by atoms with Crippen LogP contribution in [0.15, 0.2) is 12.3 Å². The van der Waals surface area contributed by atoms with Gasteiger partial charge in [0.15, 0.2) is 0 Å². The summed E-state index contributed by atoms with van der Waals surface area (Å²) in [5.74, 6) is 1.89. The van der Waals surface area contributed by atoms with Crippen LogP contribution in [0.2, 0.25) is 0 Å². The minimum atomic E-state index is -0.147. The van der Waals surface area contributed by atoms with Crippen LogP contribution in [0.5, 0.6) is 0 Å². The summed E-state index contributed by atoms with van der Waals surface area (Å²) in [6.45, 7) is 6.22. The van der Waals surface area contributed by atoms with E-state index in [1.807, 2.05) is 12.3 Å². The molecule has 1 spiro atoms. The van der Waals surface area contributed by atoms with Gasteiger partial charge in [-0.1, -0.05) is 0 Å². The monoisotopic (exact) mass is 317 g/mol. The number of aromatic nitrogens is 2. The average Bonchev–Trinajstić information content (AvgIpc) is 3.00. The zero-order valence-corrected chi connectivity index (χ0v) is 13.7. The third-order valence-electron chi connectivity index (χ3n) is 5.80. The molecular weight excluding hydrogens is 290 g/mol. The van der Waals surface area contributed by atoms with Crippen molar-refractivity contribution in [3.63, 3.8) is 0 Å². The van der Waals surface area contributed by atoms with Crippen molar-refractivity contribution in [2.45, 2.75) is 38.2 Å². The fourth-order valence-corrected chi connectivity index (χ4v) is 4.23. The van der Waals surface area contributed by atoms with E-state index in [9.17, 15) is 5.11 Å². The highest BCUT2D eigenvalue weighted by Crippen LogP contribution is 2.39. The van der Waals surface area contributed by atoms with Gasteiger partial charge in [0.05, 0.1) is 6.10 Å². The van der Waals surface area contributed by atoms with Gasteiger partial charge >= 0.3 is 0 Å². The third-order valence-corrected chi connectivity index (χ3v) is 5.80. The Bertz CT molecular complexity index is 538. The number of hydrogen-bond donors (Lipinski definition) is 2. The maximum absolute atomic E-state index is 9.67. The van der Waals surface area contributed by atoms with E-state index >= 15 is 0 Å². The molecular formula is C17H27N5O. The predicted molar refractivity (Wildman–Crippen MR) is 90.9 cm³/mol. The highest BCUT2D eigenvalue weighted by atomic mass is 16.3. The van der Waals surface area contributed by atoms with Crippen LogP contribution in [-0.4, -0.2) is 60.4 Å². The van der Waals surface area contributed by atoms with Crippen molar-refractivity contribution in [3.8, 4) is 0 Å². The third kappa shape index (κ3) is 3.15. The Labute approximate surface area is 137 Å². The normalized spacial score (nSPS) is 25.3. The van der Waals surface area contributed by atoms with Gasteiger partial charge in [-0.3, -0.25) is 0 Å². The first-order valence-electron chi connectivity index (χ1n) is 8.96. The molecule has 0 aliphatic carbocycles. The van der Waals surface area contributed by atoms with Crippen molar-refractivity contribution in [1.29, 1.82) is 0 Å². The van der Waals surface area contributed by atoms with Crippen molar-refractivity contribution in [2.75, 3.05) is 49.1 Å². The molecule has 2 N–H and O–H groups in total. The van der Waals surface area contributed by atoms with Crippen molar-refractivity contribution in [1.82, 2.24) is 15.3 Å². The number of aliphatic hydroxyl groups is 1. The molecule has 0 saturated carbocycles. The van der Waals surface area contributed by atoms with E-state index in [0.29, 0.717) is 5.41 Å². The van der Waals surface area contributed by atoms with E-state index in [4.69, 9.17) is 4.98 Å². The number of piperidine rings is 2. The summed E-state index contributed by atoms with van der Waals surface area (Å²) in [5, 5.41) is 13.1. The molecule has 4 rings (SSSR count). The van der Waals surface area contributed by atoms with Crippen molar-refractivity contribution < 1.29 is 5.11 Å². The van der Waals surface area contributed by atoms with Crippen LogP contribution in [0.4, 0.5) is 11.8 Å². The second-order valence-electron chi connectivity index (χ2n) is 7.35.